The van der Waals surface area contributed by atoms with Gasteiger partial charge in [-0.1, -0.05) is 40.2 Å². The van der Waals surface area contributed by atoms with Crippen LogP contribution in [-0.4, -0.2) is 67.8 Å². The SMILES string of the molecule is NN=Nc1nc(N=NN)c(C(=O)/N=C2/NC3(CCN(C(=O)c4cc5ccccc5[nH]4)CC3)CN2N)nc1Cl. The van der Waals surface area contributed by atoms with Crippen molar-refractivity contribution >= 4 is 51.9 Å². The van der Waals surface area contributed by atoms with E-state index in [1.165, 1.54) is 5.01 Å². The summed E-state index contributed by atoms with van der Waals surface area (Å²) >= 11 is 6.02. The lowest BCUT2D eigenvalue weighted by Crippen LogP contribution is -2.53. The highest BCUT2D eigenvalue weighted by molar-refractivity contribution is 6.31. The molecular formula is C21H23ClN14O2. The summed E-state index contributed by atoms with van der Waals surface area (Å²) in [6, 6.07) is 9.58. The Morgan fingerprint density at radius 2 is 1.76 bits per heavy atom. The quantitative estimate of drug-likeness (QED) is 0.183. The third-order valence-electron chi connectivity index (χ3n) is 6.42. The number of amides is 2. The molecule has 0 atom stereocenters. The number of aromatic nitrogens is 3. The first-order valence-electron chi connectivity index (χ1n) is 11.4. The molecule has 0 unspecified atom stereocenters. The second-order valence-electron chi connectivity index (χ2n) is 8.78. The number of para-hydroxylation sites is 1. The zero-order chi connectivity index (χ0) is 26.9. The maximum absolute atomic E-state index is 13.1. The lowest BCUT2D eigenvalue weighted by atomic mass is 9.88. The first-order valence-corrected chi connectivity index (χ1v) is 11.8. The van der Waals surface area contributed by atoms with Crippen molar-refractivity contribution in [2.24, 2.45) is 43.2 Å². The number of rotatable bonds is 4. The number of aromatic amines is 1. The second kappa shape index (κ2) is 9.98. The fourth-order valence-corrected chi connectivity index (χ4v) is 4.72. The van der Waals surface area contributed by atoms with E-state index in [0.29, 0.717) is 38.2 Å². The molecule has 0 aliphatic carbocycles. The van der Waals surface area contributed by atoms with Crippen molar-refractivity contribution in [1.29, 1.82) is 0 Å². The molecule has 16 nitrogen and oxygen atoms in total. The molecule has 0 saturated carbocycles. The highest BCUT2D eigenvalue weighted by Gasteiger charge is 2.44. The van der Waals surface area contributed by atoms with Gasteiger partial charge in [0.05, 0.1) is 12.1 Å². The Balaban J connectivity index is 1.30. The van der Waals surface area contributed by atoms with Gasteiger partial charge in [-0.3, -0.25) is 14.6 Å². The van der Waals surface area contributed by atoms with Crippen LogP contribution in [0.3, 0.4) is 0 Å². The van der Waals surface area contributed by atoms with E-state index in [9.17, 15) is 9.59 Å². The van der Waals surface area contributed by atoms with Gasteiger partial charge in [-0.05, 0) is 25.0 Å². The van der Waals surface area contributed by atoms with Crippen LogP contribution in [0.4, 0.5) is 11.6 Å². The van der Waals surface area contributed by atoms with E-state index in [1.54, 1.807) is 4.90 Å². The summed E-state index contributed by atoms with van der Waals surface area (Å²) in [4.78, 5) is 43.0. The number of hydrogen-bond donors (Lipinski definition) is 5. The number of aliphatic imine (C=N–C) groups is 1. The van der Waals surface area contributed by atoms with Crippen LogP contribution in [0, 0.1) is 0 Å². The Hall–Kier alpha value is -4.70. The molecule has 2 aliphatic heterocycles. The molecular weight excluding hydrogens is 516 g/mol. The van der Waals surface area contributed by atoms with Crippen molar-refractivity contribution in [1.82, 2.24) is 30.2 Å². The molecule has 2 aromatic heterocycles. The van der Waals surface area contributed by atoms with Gasteiger partial charge in [0.2, 0.25) is 17.6 Å². The first-order chi connectivity index (χ1) is 18.3. The van der Waals surface area contributed by atoms with Gasteiger partial charge >= 0.3 is 5.91 Å². The molecule has 2 aliphatic rings. The lowest BCUT2D eigenvalue weighted by Gasteiger charge is -2.38. The molecule has 2 saturated heterocycles. The van der Waals surface area contributed by atoms with E-state index in [-0.39, 0.29) is 34.3 Å². The van der Waals surface area contributed by atoms with Crippen molar-refractivity contribution < 1.29 is 9.59 Å². The van der Waals surface area contributed by atoms with Gasteiger partial charge < -0.3 is 26.9 Å². The maximum atomic E-state index is 13.1. The summed E-state index contributed by atoms with van der Waals surface area (Å²) in [5.41, 5.74) is 0.660. The Bertz CT molecular complexity index is 1460. The van der Waals surface area contributed by atoms with Crippen molar-refractivity contribution in [3.05, 3.63) is 46.9 Å². The molecule has 1 spiro atoms. The lowest BCUT2D eigenvalue weighted by molar-refractivity contribution is 0.0655. The smallest absolute Gasteiger partial charge is 0.302 e. The van der Waals surface area contributed by atoms with Crippen LogP contribution >= 0.6 is 11.6 Å². The highest BCUT2D eigenvalue weighted by atomic mass is 35.5. The van der Waals surface area contributed by atoms with E-state index in [1.807, 2.05) is 30.3 Å². The summed E-state index contributed by atoms with van der Waals surface area (Å²) < 4.78 is 0. The summed E-state index contributed by atoms with van der Waals surface area (Å²) in [6.07, 6.45) is 1.19. The van der Waals surface area contributed by atoms with E-state index in [0.717, 1.165) is 10.9 Å². The number of nitrogens with two attached hydrogens (primary N) is 3. The Kier molecular flexibility index (Phi) is 6.56. The molecule has 3 aromatic rings. The summed E-state index contributed by atoms with van der Waals surface area (Å²) in [6.45, 7) is 1.37. The number of hydrogen-bond acceptors (Lipinski definition) is 9. The van der Waals surface area contributed by atoms with Crippen molar-refractivity contribution in [3.63, 3.8) is 0 Å². The molecule has 8 N–H and O–H groups in total. The largest absolute Gasteiger partial charge is 0.351 e. The number of fused-ring (bicyclic) bond motifs is 1. The number of benzene rings is 1. The minimum Gasteiger partial charge on any atom is -0.351 e. The van der Waals surface area contributed by atoms with Crippen LogP contribution in [0.1, 0.15) is 33.8 Å². The molecule has 196 valence electrons. The number of guanidine groups is 1. The van der Waals surface area contributed by atoms with E-state index >= 15 is 0 Å². The number of carbonyl (C=O) groups is 2. The molecule has 17 heteroatoms. The van der Waals surface area contributed by atoms with Crippen LogP contribution in [0.15, 0.2) is 56.0 Å². The third kappa shape index (κ3) is 4.69. The summed E-state index contributed by atoms with van der Waals surface area (Å²) in [5.74, 6) is 15.1. The van der Waals surface area contributed by atoms with Crippen molar-refractivity contribution in [2.45, 2.75) is 18.4 Å². The van der Waals surface area contributed by atoms with Gasteiger partial charge in [-0.25, -0.2) is 15.8 Å². The average Bonchev–Trinajstić information content (AvgIpc) is 3.47. The van der Waals surface area contributed by atoms with Gasteiger partial charge in [0.25, 0.3) is 5.91 Å². The molecule has 5 rings (SSSR count). The molecule has 1 aromatic carbocycles. The van der Waals surface area contributed by atoms with Gasteiger partial charge in [0, 0.05) is 24.0 Å². The normalized spacial score (nSPS) is 18.3. The average molecular weight is 539 g/mol. The number of carbonyl (C=O) groups excluding carboxylic acids is 2. The van der Waals surface area contributed by atoms with E-state index in [4.69, 9.17) is 29.1 Å². The fourth-order valence-electron chi connectivity index (χ4n) is 4.55. The van der Waals surface area contributed by atoms with E-state index in [2.05, 4.69) is 45.9 Å². The fraction of sp³-hybridized carbons (Fsp3) is 0.286. The Morgan fingerprint density at radius 1 is 1.05 bits per heavy atom. The molecule has 4 heterocycles. The number of H-pyrrole nitrogens is 1. The Morgan fingerprint density at radius 3 is 2.47 bits per heavy atom. The molecule has 0 radical (unpaired) electrons. The molecule has 2 amide bonds. The van der Waals surface area contributed by atoms with Gasteiger partial charge in [0.1, 0.15) is 5.69 Å². The third-order valence-corrected chi connectivity index (χ3v) is 6.68. The Labute approximate surface area is 220 Å². The minimum atomic E-state index is -0.834. The van der Waals surface area contributed by atoms with Crippen LogP contribution in [-0.2, 0) is 0 Å². The van der Waals surface area contributed by atoms with Crippen LogP contribution in [0.25, 0.3) is 10.9 Å². The summed E-state index contributed by atoms with van der Waals surface area (Å²) in [5, 5.41) is 18.6. The van der Waals surface area contributed by atoms with E-state index < -0.39 is 11.4 Å². The number of likely N-dealkylation sites (tertiary alicyclic amines) is 1. The van der Waals surface area contributed by atoms with Gasteiger partial charge in [0.15, 0.2) is 10.8 Å². The molecule has 38 heavy (non-hydrogen) atoms. The van der Waals surface area contributed by atoms with Gasteiger partial charge in [-0.2, -0.15) is 4.99 Å². The standard InChI is InChI=1S/C21H23ClN14O2/c22-15-17(32-34-24)28-16(31-33-23)14(27-15)18(37)29-20-30-21(10-36(20)25)5-7-35(8-6-21)19(38)13-9-11-3-1-2-4-12(11)26-13/h1-4,9,26H,5-8,10,25H2,(H,29,30,37)(H4,23,24,28,31,32). The molecule has 2 fully saturated rings. The van der Waals surface area contributed by atoms with Crippen LogP contribution < -0.4 is 22.8 Å². The number of hydrazine groups is 1. The maximum Gasteiger partial charge on any atom is 0.302 e. The predicted octanol–water partition coefficient (Wildman–Crippen LogP) is 1.48. The van der Waals surface area contributed by atoms with Crippen molar-refractivity contribution in [2.75, 3.05) is 19.6 Å². The number of nitrogens with one attached hydrogen (secondary N) is 2. The zero-order valence-corrected chi connectivity index (χ0v) is 20.6. The van der Waals surface area contributed by atoms with Gasteiger partial charge in [-0.15, -0.1) is 10.2 Å². The number of halogens is 1. The highest BCUT2D eigenvalue weighted by Crippen LogP contribution is 2.30. The van der Waals surface area contributed by atoms with Crippen molar-refractivity contribution in [3.8, 4) is 0 Å². The predicted molar refractivity (Wildman–Crippen MR) is 136 cm³/mol. The van der Waals surface area contributed by atoms with Crippen LogP contribution in [0.2, 0.25) is 5.15 Å². The second-order valence-corrected chi connectivity index (χ2v) is 9.14. The first kappa shape index (κ1) is 25.0. The minimum absolute atomic E-state index is 0.0719. The monoisotopic (exact) mass is 538 g/mol. The summed E-state index contributed by atoms with van der Waals surface area (Å²) in [7, 11) is 0. The molecule has 0 bridgehead atoms. The zero-order valence-electron chi connectivity index (χ0n) is 19.9. The topological polar surface area (TPSA) is 234 Å². The number of nitrogens with zero attached hydrogens (tertiary/aromatic N) is 9. The van der Waals surface area contributed by atoms with Crippen LogP contribution in [0.5, 0.6) is 0 Å². The number of piperidine rings is 1.